The van der Waals surface area contributed by atoms with E-state index in [1.54, 1.807) is 7.11 Å². The average molecular weight is 400 g/mol. The van der Waals surface area contributed by atoms with Crippen molar-refractivity contribution < 1.29 is 4.74 Å². The smallest absolute Gasteiger partial charge is 0.140 e. The van der Waals surface area contributed by atoms with Gasteiger partial charge < -0.3 is 10.1 Å². The molecule has 0 saturated heterocycles. The lowest BCUT2D eigenvalue weighted by atomic mass is 9.95. The third-order valence-electron chi connectivity index (χ3n) is 4.90. The lowest BCUT2D eigenvalue weighted by molar-refractivity contribution is 0.415. The van der Waals surface area contributed by atoms with Crippen molar-refractivity contribution in [1.29, 1.82) is 0 Å². The number of ether oxygens (including phenoxy) is 1. The molecular weight excluding hydrogens is 378 g/mol. The van der Waals surface area contributed by atoms with Crippen molar-refractivity contribution in [1.82, 2.24) is 9.38 Å². The van der Waals surface area contributed by atoms with Crippen molar-refractivity contribution in [2.45, 2.75) is 38.1 Å². The fourth-order valence-electron chi connectivity index (χ4n) is 3.55. The minimum atomic E-state index is 0.522. The number of nitrogens with one attached hydrogen (secondary N) is 1. The molecule has 25 heavy (non-hydrogen) atoms. The second kappa shape index (κ2) is 7.08. The molecule has 0 amide bonds. The maximum Gasteiger partial charge on any atom is 0.140 e. The largest absolute Gasteiger partial charge is 0.497 e. The van der Waals surface area contributed by atoms with Crippen LogP contribution in [0.2, 0.25) is 0 Å². The molecule has 2 heterocycles. The van der Waals surface area contributed by atoms with Crippen molar-refractivity contribution in [2.24, 2.45) is 0 Å². The predicted octanol–water partition coefficient (Wildman–Crippen LogP) is 5.52. The average Bonchev–Trinajstić information content (AvgIpc) is 3.00. The van der Waals surface area contributed by atoms with Crippen LogP contribution < -0.4 is 10.1 Å². The molecule has 3 aromatic rings. The Morgan fingerprint density at radius 2 is 1.88 bits per heavy atom. The van der Waals surface area contributed by atoms with Gasteiger partial charge in [0.1, 0.15) is 22.9 Å². The lowest BCUT2D eigenvalue weighted by Crippen LogP contribution is -2.23. The van der Waals surface area contributed by atoms with E-state index in [2.05, 4.69) is 56.1 Å². The van der Waals surface area contributed by atoms with Gasteiger partial charge in [0.05, 0.1) is 7.11 Å². The van der Waals surface area contributed by atoms with E-state index in [1.165, 1.54) is 32.1 Å². The van der Waals surface area contributed by atoms with Crippen LogP contribution in [0.5, 0.6) is 5.75 Å². The number of hydrogen-bond acceptors (Lipinski definition) is 3. The fourth-order valence-corrected chi connectivity index (χ4v) is 3.87. The molecule has 1 aliphatic rings. The Balaban J connectivity index is 1.78. The molecule has 1 aliphatic carbocycles. The first-order valence-electron chi connectivity index (χ1n) is 8.83. The Morgan fingerprint density at radius 3 is 2.60 bits per heavy atom. The van der Waals surface area contributed by atoms with Crippen molar-refractivity contribution in [3.63, 3.8) is 0 Å². The first-order chi connectivity index (χ1) is 12.2. The molecule has 2 aromatic heterocycles. The van der Waals surface area contributed by atoms with Gasteiger partial charge in [0.25, 0.3) is 0 Å². The van der Waals surface area contributed by atoms with Crippen LogP contribution in [0, 0.1) is 0 Å². The number of rotatable bonds is 4. The summed E-state index contributed by atoms with van der Waals surface area (Å²) in [6.07, 6.45) is 8.49. The highest BCUT2D eigenvalue weighted by atomic mass is 79.9. The summed E-state index contributed by atoms with van der Waals surface area (Å²) in [7, 11) is 1.69. The Hall–Kier alpha value is -2.01. The van der Waals surface area contributed by atoms with Gasteiger partial charge in [-0.15, -0.1) is 0 Å². The maximum atomic E-state index is 5.28. The second-order valence-electron chi connectivity index (χ2n) is 6.59. The molecule has 1 fully saturated rings. The van der Waals surface area contributed by atoms with E-state index in [1.807, 2.05) is 12.1 Å². The Bertz CT molecular complexity index is 867. The number of fused-ring (bicyclic) bond motifs is 1. The van der Waals surface area contributed by atoms with Crippen LogP contribution in [0.1, 0.15) is 32.1 Å². The molecule has 1 aromatic carbocycles. The number of aromatic nitrogens is 2. The summed E-state index contributed by atoms with van der Waals surface area (Å²) in [5.41, 5.74) is 3.03. The quantitative estimate of drug-likeness (QED) is 0.627. The zero-order valence-electron chi connectivity index (χ0n) is 14.3. The highest BCUT2D eigenvalue weighted by Crippen LogP contribution is 2.33. The molecule has 130 valence electrons. The molecule has 0 aliphatic heterocycles. The van der Waals surface area contributed by atoms with Crippen LogP contribution in [0.15, 0.2) is 47.1 Å². The van der Waals surface area contributed by atoms with Crippen LogP contribution in [0.3, 0.4) is 0 Å². The number of methoxy groups -OCH3 is 1. The van der Waals surface area contributed by atoms with E-state index in [0.29, 0.717) is 6.04 Å². The molecule has 1 N–H and O–H groups in total. The van der Waals surface area contributed by atoms with E-state index in [4.69, 9.17) is 9.72 Å². The van der Waals surface area contributed by atoms with Gasteiger partial charge in [0.2, 0.25) is 0 Å². The minimum Gasteiger partial charge on any atom is -0.497 e. The number of anilines is 1. The predicted molar refractivity (Wildman–Crippen MR) is 105 cm³/mol. The topological polar surface area (TPSA) is 38.6 Å². The molecule has 0 bridgehead atoms. The first-order valence-corrected chi connectivity index (χ1v) is 9.62. The Kier molecular flexibility index (Phi) is 4.66. The molecule has 4 nitrogen and oxygen atoms in total. The van der Waals surface area contributed by atoms with Gasteiger partial charge in [0.15, 0.2) is 0 Å². The van der Waals surface area contributed by atoms with Gasteiger partial charge in [-0.2, -0.15) is 0 Å². The summed E-state index contributed by atoms with van der Waals surface area (Å²) in [5.74, 6) is 1.94. The molecule has 0 atom stereocenters. The van der Waals surface area contributed by atoms with Crippen LogP contribution in [-0.2, 0) is 0 Å². The van der Waals surface area contributed by atoms with Crippen molar-refractivity contribution in [3.05, 3.63) is 47.1 Å². The summed E-state index contributed by atoms with van der Waals surface area (Å²) in [6, 6.07) is 12.7. The normalized spacial score (nSPS) is 15.4. The van der Waals surface area contributed by atoms with E-state index < -0.39 is 0 Å². The van der Waals surface area contributed by atoms with Crippen molar-refractivity contribution in [3.8, 4) is 17.0 Å². The Labute approximate surface area is 156 Å². The molecule has 0 unspecified atom stereocenters. The number of hydrogen-bond donors (Lipinski definition) is 1. The standard InChI is InChI=1S/C20H22BrN3O/c1-25-17-9-7-14(8-10-17)19-20(22-16-5-3-2-4-6-16)24-12-11-15(21)13-18(24)23-19/h7-13,16,22H,2-6H2,1H3. The molecule has 5 heteroatoms. The summed E-state index contributed by atoms with van der Waals surface area (Å²) in [5, 5.41) is 3.77. The third kappa shape index (κ3) is 3.38. The fraction of sp³-hybridized carbons (Fsp3) is 0.350. The lowest BCUT2D eigenvalue weighted by Gasteiger charge is -2.24. The Morgan fingerprint density at radius 1 is 1.12 bits per heavy atom. The number of benzene rings is 1. The molecule has 1 saturated carbocycles. The molecule has 0 radical (unpaired) electrons. The van der Waals surface area contributed by atoms with Gasteiger partial charge in [0, 0.05) is 22.3 Å². The third-order valence-corrected chi connectivity index (χ3v) is 5.39. The minimum absolute atomic E-state index is 0.522. The number of halogens is 1. The number of imidazole rings is 1. The van der Waals surface area contributed by atoms with Gasteiger partial charge in [-0.25, -0.2) is 4.98 Å². The first kappa shape index (κ1) is 16.5. The van der Waals surface area contributed by atoms with E-state index in [-0.39, 0.29) is 0 Å². The van der Waals surface area contributed by atoms with Crippen molar-refractivity contribution >= 4 is 27.4 Å². The molecule has 4 rings (SSSR count). The van der Waals surface area contributed by atoms with E-state index in [9.17, 15) is 0 Å². The maximum absolute atomic E-state index is 5.28. The van der Waals surface area contributed by atoms with Crippen LogP contribution in [-0.4, -0.2) is 22.5 Å². The second-order valence-corrected chi connectivity index (χ2v) is 7.51. The van der Waals surface area contributed by atoms with Crippen LogP contribution in [0.4, 0.5) is 5.82 Å². The number of nitrogens with zero attached hydrogens (tertiary/aromatic N) is 2. The highest BCUT2D eigenvalue weighted by Gasteiger charge is 2.19. The molecular formula is C20H22BrN3O. The molecule has 0 spiro atoms. The van der Waals surface area contributed by atoms with E-state index in [0.717, 1.165) is 32.9 Å². The summed E-state index contributed by atoms with van der Waals surface area (Å²) < 4.78 is 8.47. The summed E-state index contributed by atoms with van der Waals surface area (Å²) in [6.45, 7) is 0. The van der Waals surface area contributed by atoms with Gasteiger partial charge >= 0.3 is 0 Å². The van der Waals surface area contributed by atoms with Gasteiger partial charge in [-0.1, -0.05) is 35.2 Å². The SMILES string of the molecule is COc1ccc(-c2nc3cc(Br)ccn3c2NC2CCCCC2)cc1. The zero-order chi connectivity index (χ0) is 17.2. The zero-order valence-corrected chi connectivity index (χ0v) is 15.9. The van der Waals surface area contributed by atoms with Gasteiger partial charge in [-0.05, 0) is 49.2 Å². The monoisotopic (exact) mass is 399 g/mol. The van der Waals surface area contributed by atoms with Crippen molar-refractivity contribution in [2.75, 3.05) is 12.4 Å². The van der Waals surface area contributed by atoms with Crippen LogP contribution >= 0.6 is 15.9 Å². The van der Waals surface area contributed by atoms with Gasteiger partial charge in [-0.3, -0.25) is 4.40 Å². The summed E-state index contributed by atoms with van der Waals surface area (Å²) >= 11 is 3.55. The van der Waals surface area contributed by atoms with Crippen LogP contribution in [0.25, 0.3) is 16.9 Å². The van der Waals surface area contributed by atoms with E-state index >= 15 is 0 Å². The highest BCUT2D eigenvalue weighted by molar-refractivity contribution is 9.10. The summed E-state index contributed by atoms with van der Waals surface area (Å²) in [4.78, 5) is 4.89. The number of pyridine rings is 1.